The van der Waals surface area contributed by atoms with Crippen molar-refractivity contribution in [3.63, 3.8) is 0 Å². The summed E-state index contributed by atoms with van der Waals surface area (Å²) in [6.45, 7) is 2.09. The number of carboxylic acid groups (broad SMARTS) is 1. The van der Waals surface area contributed by atoms with E-state index in [4.69, 9.17) is 0 Å². The molecule has 5 rings (SSSR count). The van der Waals surface area contributed by atoms with Crippen molar-refractivity contribution in [3.05, 3.63) is 112 Å². The molecule has 44 heavy (non-hydrogen) atoms. The Morgan fingerprint density at radius 3 is 2.50 bits per heavy atom. The Balaban J connectivity index is 1.41. The Bertz CT molecular complexity index is 1650. The van der Waals surface area contributed by atoms with E-state index in [1.54, 1.807) is 41.4 Å². The van der Waals surface area contributed by atoms with Crippen LogP contribution >= 0.6 is 11.3 Å². The number of halogens is 1. The van der Waals surface area contributed by atoms with E-state index in [2.05, 4.69) is 15.6 Å². The van der Waals surface area contributed by atoms with Crippen LogP contribution in [-0.2, 0) is 4.79 Å². The van der Waals surface area contributed by atoms with Crippen LogP contribution in [0.25, 0.3) is 0 Å². The van der Waals surface area contributed by atoms with Gasteiger partial charge in [-0.3, -0.25) is 24.2 Å². The van der Waals surface area contributed by atoms with Crippen molar-refractivity contribution in [1.29, 1.82) is 0 Å². The van der Waals surface area contributed by atoms with Crippen LogP contribution in [0.5, 0.6) is 0 Å². The van der Waals surface area contributed by atoms with Gasteiger partial charge in [-0.05, 0) is 65.9 Å². The molecule has 0 radical (unpaired) electrons. The smallest absolute Gasteiger partial charge is 0.305 e. The zero-order valence-corrected chi connectivity index (χ0v) is 24.4. The standard InChI is InChI=1S/C32H30FN5O5S/c33-24-7-1-5-21(17-24)30(41)36-26-18-22(31(42)35-25(19-29(39)40)23-6-2-11-34-20-23)9-10-27(26)37-12-4-13-38(15-14-37)32(43)28-8-3-16-44-28/h1-3,5-11,16-18,20,25H,4,12-15,19H2,(H,35,42)(H,36,41)(H,39,40). The summed E-state index contributed by atoms with van der Waals surface area (Å²) in [5, 5.41) is 16.9. The molecule has 12 heteroatoms. The predicted molar refractivity (Wildman–Crippen MR) is 165 cm³/mol. The fourth-order valence-electron chi connectivity index (χ4n) is 5.05. The number of amides is 3. The average molecular weight is 616 g/mol. The normalized spacial score (nSPS) is 13.9. The van der Waals surface area contributed by atoms with E-state index in [9.17, 15) is 28.7 Å². The lowest BCUT2D eigenvalue weighted by Gasteiger charge is -2.26. The summed E-state index contributed by atoms with van der Waals surface area (Å²) >= 11 is 1.39. The summed E-state index contributed by atoms with van der Waals surface area (Å²) in [6.07, 6.45) is 3.37. The van der Waals surface area contributed by atoms with Crippen LogP contribution in [-0.4, -0.2) is 64.9 Å². The van der Waals surface area contributed by atoms with E-state index >= 15 is 0 Å². The van der Waals surface area contributed by atoms with Crippen molar-refractivity contribution < 1.29 is 28.7 Å². The van der Waals surface area contributed by atoms with Crippen LogP contribution in [0.2, 0.25) is 0 Å². The van der Waals surface area contributed by atoms with Gasteiger partial charge in [0.1, 0.15) is 5.82 Å². The van der Waals surface area contributed by atoms with E-state index in [0.29, 0.717) is 54.4 Å². The molecule has 0 spiro atoms. The van der Waals surface area contributed by atoms with Gasteiger partial charge in [0, 0.05) is 49.7 Å². The molecule has 3 N–H and O–H groups in total. The number of aromatic nitrogens is 1. The predicted octanol–water partition coefficient (Wildman–Crippen LogP) is 4.83. The Morgan fingerprint density at radius 1 is 0.932 bits per heavy atom. The first-order valence-electron chi connectivity index (χ1n) is 14.0. The molecule has 226 valence electrons. The number of carbonyl (C=O) groups excluding carboxylic acids is 3. The van der Waals surface area contributed by atoms with Gasteiger partial charge in [-0.2, -0.15) is 0 Å². The number of aliphatic carboxylic acids is 1. The van der Waals surface area contributed by atoms with Gasteiger partial charge in [0.2, 0.25) is 0 Å². The molecule has 3 heterocycles. The fourth-order valence-corrected chi connectivity index (χ4v) is 5.74. The van der Waals surface area contributed by atoms with Gasteiger partial charge in [0.25, 0.3) is 17.7 Å². The quantitative estimate of drug-likeness (QED) is 0.246. The highest BCUT2D eigenvalue weighted by atomic mass is 32.1. The second kappa shape index (κ2) is 13.9. The van der Waals surface area contributed by atoms with Gasteiger partial charge in [-0.1, -0.05) is 18.2 Å². The van der Waals surface area contributed by atoms with Crippen LogP contribution in [0.4, 0.5) is 15.8 Å². The molecule has 0 bridgehead atoms. The number of nitrogens with one attached hydrogen (secondary N) is 2. The summed E-state index contributed by atoms with van der Waals surface area (Å²) in [4.78, 5) is 59.6. The molecule has 0 saturated carbocycles. The third kappa shape index (κ3) is 7.45. The van der Waals surface area contributed by atoms with Gasteiger partial charge >= 0.3 is 5.97 Å². The Hall–Kier alpha value is -5.10. The molecule has 2 aromatic carbocycles. The fraction of sp³-hybridized carbons (Fsp3) is 0.219. The molecule has 0 aliphatic carbocycles. The number of thiophene rings is 1. The van der Waals surface area contributed by atoms with E-state index in [1.165, 1.54) is 41.8 Å². The molecular weight excluding hydrogens is 585 g/mol. The van der Waals surface area contributed by atoms with Crippen molar-refractivity contribution in [2.45, 2.75) is 18.9 Å². The minimum Gasteiger partial charge on any atom is -0.481 e. The number of anilines is 2. The number of pyridine rings is 1. The van der Waals surface area contributed by atoms with Crippen molar-refractivity contribution >= 4 is 46.4 Å². The van der Waals surface area contributed by atoms with Crippen LogP contribution in [0.3, 0.4) is 0 Å². The van der Waals surface area contributed by atoms with Crippen LogP contribution in [0, 0.1) is 5.82 Å². The largest absolute Gasteiger partial charge is 0.481 e. The Kier molecular flexibility index (Phi) is 9.60. The topological polar surface area (TPSA) is 132 Å². The van der Waals surface area contributed by atoms with Crippen LogP contribution in [0.1, 0.15) is 54.8 Å². The second-order valence-electron chi connectivity index (χ2n) is 10.2. The molecule has 1 unspecified atom stereocenters. The lowest BCUT2D eigenvalue weighted by Crippen LogP contribution is -2.35. The number of nitrogens with zero attached hydrogens (tertiary/aromatic N) is 3. The first-order valence-corrected chi connectivity index (χ1v) is 14.9. The highest BCUT2D eigenvalue weighted by Crippen LogP contribution is 2.30. The van der Waals surface area contributed by atoms with Crippen molar-refractivity contribution in [2.24, 2.45) is 0 Å². The van der Waals surface area contributed by atoms with Crippen molar-refractivity contribution in [1.82, 2.24) is 15.2 Å². The molecule has 10 nitrogen and oxygen atoms in total. The molecule has 1 saturated heterocycles. The zero-order valence-electron chi connectivity index (χ0n) is 23.6. The van der Waals surface area contributed by atoms with Gasteiger partial charge in [-0.25, -0.2) is 4.39 Å². The molecular formula is C32H30FN5O5S. The van der Waals surface area contributed by atoms with Crippen LogP contribution in [0.15, 0.2) is 84.5 Å². The summed E-state index contributed by atoms with van der Waals surface area (Å²) in [7, 11) is 0. The lowest BCUT2D eigenvalue weighted by atomic mass is 10.0. The van der Waals surface area contributed by atoms with Crippen molar-refractivity contribution in [2.75, 3.05) is 36.4 Å². The third-order valence-electron chi connectivity index (χ3n) is 7.22. The molecule has 1 atom stereocenters. The highest BCUT2D eigenvalue weighted by Gasteiger charge is 2.25. The SMILES string of the molecule is O=C(O)CC(NC(=O)c1ccc(N2CCCN(C(=O)c3cccs3)CC2)c(NC(=O)c2cccc(F)c2)c1)c1cccnc1. The maximum absolute atomic E-state index is 13.9. The minimum atomic E-state index is -1.09. The maximum Gasteiger partial charge on any atom is 0.305 e. The van der Waals surface area contributed by atoms with Gasteiger partial charge in [0.15, 0.2) is 0 Å². The highest BCUT2D eigenvalue weighted by molar-refractivity contribution is 7.12. The monoisotopic (exact) mass is 615 g/mol. The number of carbonyl (C=O) groups is 4. The molecule has 4 aromatic rings. The maximum atomic E-state index is 13.9. The first kappa shape index (κ1) is 30.4. The summed E-state index contributed by atoms with van der Waals surface area (Å²) < 4.78 is 13.9. The van der Waals surface area contributed by atoms with E-state index in [-0.39, 0.29) is 23.5 Å². The minimum absolute atomic E-state index is 0.0296. The van der Waals surface area contributed by atoms with Gasteiger partial charge < -0.3 is 25.5 Å². The van der Waals surface area contributed by atoms with Gasteiger partial charge in [0.05, 0.1) is 28.7 Å². The number of carboxylic acids is 1. The Morgan fingerprint density at radius 2 is 1.77 bits per heavy atom. The van der Waals surface area contributed by atoms with Gasteiger partial charge in [-0.15, -0.1) is 11.3 Å². The second-order valence-corrected chi connectivity index (χ2v) is 11.2. The molecule has 1 aliphatic heterocycles. The first-order chi connectivity index (χ1) is 21.3. The molecule has 2 aromatic heterocycles. The molecule has 1 aliphatic rings. The zero-order chi connectivity index (χ0) is 31.1. The summed E-state index contributed by atoms with van der Waals surface area (Å²) in [6, 6.07) is 16.2. The number of rotatable bonds is 9. The number of benzene rings is 2. The molecule has 1 fully saturated rings. The lowest BCUT2D eigenvalue weighted by molar-refractivity contribution is -0.137. The van der Waals surface area contributed by atoms with E-state index < -0.39 is 29.6 Å². The van der Waals surface area contributed by atoms with E-state index in [0.717, 1.165) is 6.07 Å². The van der Waals surface area contributed by atoms with E-state index in [1.807, 2.05) is 16.3 Å². The number of hydrogen-bond donors (Lipinski definition) is 3. The Labute approximate surface area is 257 Å². The summed E-state index contributed by atoms with van der Waals surface area (Å²) in [5.41, 5.74) is 1.78. The number of hydrogen-bond acceptors (Lipinski definition) is 7. The third-order valence-corrected chi connectivity index (χ3v) is 8.08. The molecule has 3 amide bonds. The van der Waals surface area contributed by atoms with Crippen molar-refractivity contribution in [3.8, 4) is 0 Å². The van der Waals surface area contributed by atoms with Crippen LogP contribution < -0.4 is 15.5 Å². The summed E-state index contributed by atoms with van der Waals surface area (Å²) in [5.74, 6) is -2.79. The average Bonchev–Trinajstić information content (AvgIpc) is 3.45.